The second-order valence-electron chi connectivity index (χ2n) is 9.18. The number of carbonyl (C=O) groups is 1. The average molecular weight is 484 g/mol. The lowest BCUT2D eigenvalue weighted by molar-refractivity contribution is 0.103. The van der Waals surface area contributed by atoms with Crippen LogP contribution in [-0.4, -0.2) is 50.2 Å². The molecule has 3 aromatic carbocycles. The van der Waals surface area contributed by atoms with Gasteiger partial charge < -0.3 is 19.3 Å². The molecule has 6 rings (SSSR count). The van der Waals surface area contributed by atoms with Crippen molar-refractivity contribution < 1.29 is 18.7 Å². The third-order valence-electron chi connectivity index (χ3n) is 6.85. The number of pyridine rings is 1. The summed E-state index contributed by atoms with van der Waals surface area (Å²) in [6.45, 7) is 5.90. The van der Waals surface area contributed by atoms with Crippen molar-refractivity contribution in [2.24, 2.45) is 0 Å². The maximum absolute atomic E-state index is 13.7. The number of benzene rings is 3. The molecule has 0 atom stereocenters. The molecule has 0 radical (unpaired) electrons. The van der Waals surface area contributed by atoms with Gasteiger partial charge >= 0.3 is 0 Å². The van der Waals surface area contributed by atoms with Gasteiger partial charge in [-0.2, -0.15) is 0 Å². The molecule has 0 saturated carbocycles. The number of ketones is 1. The van der Waals surface area contributed by atoms with Crippen molar-refractivity contribution in [3.8, 4) is 11.5 Å². The zero-order valence-corrected chi connectivity index (χ0v) is 20.0. The second kappa shape index (κ2) is 9.15. The number of halogens is 1. The molecule has 0 unspecified atom stereocenters. The van der Waals surface area contributed by atoms with Crippen molar-refractivity contribution in [2.75, 3.05) is 49.2 Å². The number of nitrogens with zero attached hydrogens (tertiary/aromatic N) is 3. The van der Waals surface area contributed by atoms with E-state index in [0.717, 1.165) is 40.9 Å². The normalized spacial score (nSPS) is 15.3. The topological polar surface area (TPSA) is 54.9 Å². The Balaban J connectivity index is 1.41. The Morgan fingerprint density at radius 3 is 2.19 bits per heavy atom. The molecule has 0 bridgehead atoms. The summed E-state index contributed by atoms with van der Waals surface area (Å²) in [7, 11) is 0. The zero-order chi connectivity index (χ0) is 24.6. The molecular formula is C29H26FN3O3. The lowest BCUT2D eigenvalue weighted by Gasteiger charge is -2.38. The molecule has 1 fully saturated rings. The summed E-state index contributed by atoms with van der Waals surface area (Å²) >= 11 is 0. The van der Waals surface area contributed by atoms with Gasteiger partial charge in [-0.3, -0.25) is 9.78 Å². The molecule has 3 heterocycles. The maximum atomic E-state index is 13.7. The molecule has 0 spiro atoms. The van der Waals surface area contributed by atoms with Gasteiger partial charge in [0, 0.05) is 55.1 Å². The Labute approximate surface area is 208 Å². The zero-order valence-electron chi connectivity index (χ0n) is 20.0. The minimum absolute atomic E-state index is 0.0600. The van der Waals surface area contributed by atoms with Gasteiger partial charge in [0.15, 0.2) is 17.3 Å². The average Bonchev–Trinajstić information content (AvgIpc) is 2.92. The van der Waals surface area contributed by atoms with E-state index in [2.05, 4.69) is 14.8 Å². The molecule has 6 nitrogen and oxygen atoms in total. The molecule has 2 aliphatic heterocycles. The molecule has 7 heteroatoms. The number of aromatic nitrogens is 1. The van der Waals surface area contributed by atoms with Crippen molar-refractivity contribution in [2.45, 2.75) is 6.92 Å². The van der Waals surface area contributed by atoms with Crippen LogP contribution in [0.3, 0.4) is 0 Å². The fourth-order valence-corrected chi connectivity index (χ4v) is 4.92. The van der Waals surface area contributed by atoms with Crippen LogP contribution in [0.4, 0.5) is 15.8 Å². The highest BCUT2D eigenvalue weighted by Gasteiger charge is 2.26. The van der Waals surface area contributed by atoms with E-state index in [1.54, 1.807) is 6.20 Å². The minimum Gasteiger partial charge on any atom is -0.486 e. The summed E-state index contributed by atoms with van der Waals surface area (Å²) in [5.41, 5.74) is 4.91. The van der Waals surface area contributed by atoms with Crippen LogP contribution in [0.15, 0.2) is 66.9 Å². The van der Waals surface area contributed by atoms with Crippen LogP contribution in [0.1, 0.15) is 21.5 Å². The fraction of sp³-hybridized carbons (Fsp3) is 0.241. The molecule has 1 aromatic heterocycles. The number of anilines is 2. The van der Waals surface area contributed by atoms with Crippen molar-refractivity contribution in [1.29, 1.82) is 0 Å². The van der Waals surface area contributed by atoms with Crippen LogP contribution in [0, 0.1) is 12.7 Å². The summed E-state index contributed by atoms with van der Waals surface area (Å²) < 4.78 is 25.0. The monoisotopic (exact) mass is 483 g/mol. The lowest BCUT2D eigenvalue weighted by Crippen LogP contribution is -2.47. The molecule has 36 heavy (non-hydrogen) atoms. The summed E-state index contributed by atoms with van der Waals surface area (Å²) in [5.74, 6) is 1.04. The molecule has 2 aliphatic rings. The second-order valence-corrected chi connectivity index (χ2v) is 9.18. The SMILES string of the molecule is Cc1ccc(C(=O)c2cnc3cc4c(cc3c2N2CCN(c3ccc(F)cc3)CC2)OCCO4)cc1. The third-order valence-corrected chi connectivity index (χ3v) is 6.85. The highest BCUT2D eigenvalue weighted by atomic mass is 19.1. The lowest BCUT2D eigenvalue weighted by atomic mass is 9.98. The van der Waals surface area contributed by atoms with Crippen LogP contribution in [0.5, 0.6) is 11.5 Å². The molecule has 0 aliphatic carbocycles. The number of ether oxygens (including phenoxy) is 2. The summed E-state index contributed by atoms with van der Waals surface area (Å²) in [5, 5.41) is 0.868. The maximum Gasteiger partial charge on any atom is 0.196 e. The van der Waals surface area contributed by atoms with E-state index in [1.807, 2.05) is 55.5 Å². The highest BCUT2D eigenvalue weighted by molar-refractivity contribution is 6.16. The van der Waals surface area contributed by atoms with Gasteiger partial charge in [-0.15, -0.1) is 0 Å². The van der Waals surface area contributed by atoms with Crippen LogP contribution in [0.2, 0.25) is 0 Å². The first-order chi connectivity index (χ1) is 17.6. The van der Waals surface area contributed by atoms with Gasteiger partial charge in [-0.1, -0.05) is 29.8 Å². The number of fused-ring (bicyclic) bond motifs is 2. The van der Waals surface area contributed by atoms with Gasteiger partial charge in [0.2, 0.25) is 0 Å². The van der Waals surface area contributed by atoms with Crippen molar-refractivity contribution in [3.05, 3.63) is 89.4 Å². The molecule has 0 amide bonds. The van der Waals surface area contributed by atoms with Gasteiger partial charge in [-0.05, 0) is 37.3 Å². The Bertz CT molecular complexity index is 1430. The molecule has 182 valence electrons. The first-order valence-electron chi connectivity index (χ1n) is 12.2. The molecular weight excluding hydrogens is 457 g/mol. The standard InChI is InChI=1S/C29H26FN3O3/c1-19-2-4-20(5-3-19)29(34)24-18-31-25-17-27-26(35-14-15-36-27)16-23(25)28(24)33-12-10-32(11-13-33)22-8-6-21(30)7-9-22/h2-9,16-18H,10-15H2,1H3. The van der Waals surface area contributed by atoms with Gasteiger partial charge in [0.1, 0.15) is 19.0 Å². The first-order valence-corrected chi connectivity index (χ1v) is 12.2. The van der Waals surface area contributed by atoms with E-state index in [1.165, 1.54) is 12.1 Å². The third kappa shape index (κ3) is 4.11. The Morgan fingerprint density at radius 1 is 0.861 bits per heavy atom. The van der Waals surface area contributed by atoms with E-state index in [0.29, 0.717) is 48.9 Å². The number of hydrogen-bond acceptors (Lipinski definition) is 6. The highest BCUT2D eigenvalue weighted by Crippen LogP contribution is 2.40. The minimum atomic E-state index is -0.241. The van der Waals surface area contributed by atoms with E-state index >= 15 is 0 Å². The van der Waals surface area contributed by atoms with Crippen LogP contribution >= 0.6 is 0 Å². The summed E-state index contributed by atoms with van der Waals surface area (Å²) in [6, 6.07) is 18.1. The van der Waals surface area contributed by atoms with Crippen LogP contribution in [-0.2, 0) is 0 Å². The Hall–Kier alpha value is -4.13. The predicted octanol–water partition coefficient (Wildman–Crippen LogP) is 5.01. The van der Waals surface area contributed by atoms with Crippen molar-refractivity contribution >= 4 is 28.1 Å². The van der Waals surface area contributed by atoms with Gasteiger partial charge in [-0.25, -0.2) is 4.39 Å². The van der Waals surface area contributed by atoms with E-state index < -0.39 is 0 Å². The number of piperazine rings is 1. The fourth-order valence-electron chi connectivity index (χ4n) is 4.92. The van der Waals surface area contributed by atoms with E-state index in [-0.39, 0.29) is 11.6 Å². The molecule has 0 N–H and O–H groups in total. The van der Waals surface area contributed by atoms with Gasteiger partial charge in [0.05, 0.1) is 16.8 Å². The largest absolute Gasteiger partial charge is 0.486 e. The van der Waals surface area contributed by atoms with Gasteiger partial charge in [0.25, 0.3) is 0 Å². The van der Waals surface area contributed by atoms with Crippen LogP contribution in [0.25, 0.3) is 10.9 Å². The smallest absolute Gasteiger partial charge is 0.196 e. The van der Waals surface area contributed by atoms with Crippen molar-refractivity contribution in [3.63, 3.8) is 0 Å². The van der Waals surface area contributed by atoms with E-state index in [4.69, 9.17) is 9.47 Å². The van der Waals surface area contributed by atoms with E-state index in [9.17, 15) is 9.18 Å². The number of rotatable bonds is 4. The first kappa shape index (κ1) is 22.3. The van der Waals surface area contributed by atoms with Crippen LogP contribution < -0.4 is 19.3 Å². The number of carbonyl (C=O) groups excluding carboxylic acids is 1. The molecule has 1 saturated heterocycles. The molecule has 4 aromatic rings. The summed E-state index contributed by atoms with van der Waals surface area (Å²) in [4.78, 5) is 22.8. The Morgan fingerprint density at radius 2 is 1.50 bits per heavy atom. The number of hydrogen-bond donors (Lipinski definition) is 0. The summed E-state index contributed by atoms with van der Waals surface area (Å²) in [6.07, 6.45) is 1.68. The van der Waals surface area contributed by atoms with Crippen molar-refractivity contribution in [1.82, 2.24) is 4.98 Å². The Kier molecular flexibility index (Phi) is 5.68. The quantitative estimate of drug-likeness (QED) is 0.381. The predicted molar refractivity (Wildman–Crippen MR) is 138 cm³/mol. The number of aryl methyl sites for hydroxylation is 1.